The highest BCUT2D eigenvalue weighted by molar-refractivity contribution is 6.05. The molecule has 136 valence electrons. The van der Waals surface area contributed by atoms with Gasteiger partial charge in [-0.15, -0.1) is 0 Å². The van der Waals surface area contributed by atoms with Crippen LogP contribution in [0.3, 0.4) is 0 Å². The molecule has 0 spiro atoms. The van der Waals surface area contributed by atoms with Crippen LogP contribution in [0.15, 0.2) is 16.7 Å². The van der Waals surface area contributed by atoms with E-state index < -0.39 is 18.5 Å². The van der Waals surface area contributed by atoms with Crippen molar-refractivity contribution in [3.63, 3.8) is 0 Å². The van der Waals surface area contributed by atoms with Crippen molar-refractivity contribution in [3.05, 3.63) is 34.7 Å². The molecule has 0 fully saturated rings. The van der Waals surface area contributed by atoms with Gasteiger partial charge in [0.05, 0.1) is 11.4 Å². The summed E-state index contributed by atoms with van der Waals surface area (Å²) in [5.41, 5.74) is 1.08. The van der Waals surface area contributed by atoms with Gasteiger partial charge in [-0.05, 0) is 26.8 Å². The van der Waals surface area contributed by atoms with E-state index in [0.717, 1.165) is 0 Å². The average molecular weight is 360 g/mol. The first-order chi connectivity index (χ1) is 12.4. The van der Waals surface area contributed by atoms with Crippen molar-refractivity contribution in [1.82, 2.24) is 5.16 Å². The maximum Gasteiger partial charge on any atom is 0.344 e. The Morgan fingerprint density at radius 1 is 1.19 bits per heavy atom. The highest BCUT2D eigenvalue weighted by atomic mass is 16.7. The first kappa shape index (κ1) is 17.5. The van der Waals surface area contributed by atoms with Gasteiger partial charge in [-0.3, -0.25) is 9.59 Å². The van der Waals surface area contributed by atoms with Gasteiger partial charge in [0.15, 0.2) is 23.9 Å². The zero-order valence-electron chi connectivity index (χ0n) is 14.4. The van der Waals surface area contributed by atoms with Crippen molar-refractivity contribution in [2.45, 2.75) is 20.8 Å². The lowest BCUT2D eigenvalue weighted by Gasteiger charge is -2.11. The maximum atomic E-state index is 12.1. The number of fused-ring (bicyclic) bond motifs is 1. The average Bonchev–Trinajstić information content (AvgIpc) is 3.17. The zero-order valence-corrected chi connectivity index (χ0v) is 14.4. The number of rotatable bonds is 5. The minimum Gasteiger partial charge on any atom is -0.454 e. The van der Waals surface area contributed by atoms with Crippen LogP contribution >= 0.6 is 0 Å². The molecule has 3 rings (SSSR count). The topological polar surface area (TPSA) is 117 Å². The fourth-order valence-electron chi connectivity index (χ4n) is 2.50. The Balaban J connectivity index is 1.69. The maximum absolute atomic E-state index is 12.1. The van der Waals surface area contributed by atoms with Crippen LogP contribution in [0.2, 0.25) is 0 Å². The third-order valence-electron chi connectivity index (χ3n) is 3.74. The molecule has 2 heterocycles. The van der Waals surface area contributed by atoms with Gasteiger partial charge in [-0.1, -0.05) is 5.16 Å². The first-order valence-corrected chi connectivity index (χ1v) is 7.71. The number of ketones is 1. The summed E-state index contributed by atoms with van der Waals surface area (Å²) in [5, 5.41) is 6.20. The van der Waals surface area contributed by atoms with E-state index in [9.17, 15) is 14.4 Å². The van der Waals surface area contributed by atoms with Gasteiger partial charge in [0.1, 0.15) is 11.3 Å². The van der Waals surface area contributed by atoms with Gasteiger partial charge in [-0.25, -0.2) is 4.79 Å². The summed E-state index contributed by atoms with van der Waals surface area (Å²) >= 11 is 0. The van der Waals surface area contributed by atoms with Gasteiger partial charge in [0.2, 0.25) is 6.79 Å². The molecular formula is C17H16N2O7. The minimum atomic E-state index is -0.714. The van der Waals surface area contributed by atoms with Crippen LogP contribution in [0, 0.1) is 13.8 Å². The van der Waals surface area contributed by atoms with Crippen LogP contribution in [0.4, 0.5) is 5.69 Å². The van der Waals surface area contributed by atoms with E-state index in [0.29, 0.717) is 23.0 Å². The largest absolute Gasteiger partial charge is 0.454 e. The van der Waals surface area contributed by atoms with Gasteiger partial charge < -0.3 is 24.1 Å². The fourth-order valence-corrected chi connectivity index (χ4v) is 2.50. The smallest absolute Gasteiger partial charge is 0.344 e. The highest BCUT2D eigenvalue weighted by Crippen LogP contribution is 2.37. The number of anilines is 1. The molecule has 0 atom stereocenters. The summed E-state index contributed by atoms with van der Waals surface area (Å²) < 4.78 is 20.3. The van der Waals surface area contributed by atoms with E-state index in [2.05, 4.69) is 10.5 Å². The quantitative estimate of drug-likeness (QED) is 0.636. The van der Waals surface area contributed by atoms with Gasteiger partial charge in [0, 0.05) is 11.6 Å². The summed E-state index contributed by atoms with van der Waals surface area (Å²) in [6.07, 6.45) is 0. The number of hydrogen-bond donors (Lipinski definition) is 1. The Kier molecular flexibility index (Phi) is 4.61. The van der Waals surface area contributed by atoms with E-state index in [-0.39, 0.29) is 29.4 Å². The van der Waals surface area contributed by atoms with Crippen LogP contribution in [-0.4, -0.2) is 36.2 Å². The van der Waals surface area contributed by atoms with Crippen molar-refractivity contribution in [2.75, 3.05) is 18.7 Å². The number of amides is 1. The van der Waals surface area contributed by atoms with Gasteiger partial charge in [0.25, 0.3) is 5.91 Å². The molecule has 26 heavy (non-hydrogen) atoms. The Morgan fingerprint density at radius 2 is 1.88 bits per heavy atom. The Morgan fingerprint density at radius 3 is 2.50 bits per heavy atom. The van der Waals surface area contributed by atoms with Crippen molar-refractivity contribution in [3.8, 4) is 11.5 Å². The summed E-state index contributed by atoms with van der Waals surface area (Å²) in [6.45, 7) is 4.04. The number of carbonyl (C=O) groups excluding carboxylic acids is 3. The summed E-state index contributed by atoms with van der Waals surface area (Å²) in [5.74, 6) is -0.426. The predicted octanol–water partition coefficient (Wildman–Crippen LogP) is 2.02. The lowest BCUT2D eigenvalue weighted by Crippen LogP contribution is -2.22. The molecule has 9 heteroatoms. The number of nitrogens with zero attached hydrogens (tertiary/aromatic N) is 1. The number of aryl methyl sites for hydroxylation is 2. The second-order valence-electron chi connectivity index (χ2n) is 5.63. The number of carbonyl (C=O) groups is 3. The number of Topliss-reactive ketones (excluding diaryl/α,β-unsaturated/α-hetero) is 1. The van der Waals surface area contributed by atoms with Crippen molar-refractivity contribution < 1.29 is 33.1 Å². The second-order valence-corrected chi connectivity index (χ2v) is 5.63. The molecule has 1 N–H and O–H groups in total. The van der Waals surface area contributed by atoms with Crippen LogP contribution in [0.25, 0.3) is 0 Å². The number of esters is 1. The molecule has 1 aliphatic heterocycles. The first-order valence-electron chi connectivity index (χ1n) is 7.71. The molecule has 0 aliphatic carbocycles. The molecule has 0 unspecified atom stereocenters. The summed E-state index contributed by atoms with van der Waals surface area (Å²) in [7, 11) is 0. The van der Waals surface area contributed by atoms with Crippen molar-refractivity contribution >= 4 is 23.3 Å². The number of benzene rings is 1. The van der Waals surface area contributed by atoms with E-state index in [1.54, 1.807) is 13.8 Å². The van der Waals surface area contributed by atoms with E-state index >= 15 is 0 Å². The van der Waals surface area contributed by atoms with E-state index in [4.69, 9.17) is 18.7 Å². The standard InChI is InChI=1S/C17H16N2O7/c1-8-16(10(3)26-19-8)17(22)23-6-15(21)18-12-5-14-13(24-7-25-14)4-11(12)9(2)20/h4-5H,6-7H2,1-3H3,(H,18,21). The SMILES string of the molecule is CC(=O)c1cc2c(cc1NC(=O)COC(=O)c1c(C)noc1C)OCO2. The van der Waals surface area contributed by atoms with Gasteiger partial charge in [-0.2, -0.15) is 0 Å². The molecule has 1 amide bonds. The summed E-state index contributed by atoms with van der Waals surface area (Å²) in [4.78, 5) is 36.0. The molecule has 0 radical (unpaired) electrons. The summed E-state index contributed by atoms with van der Waals surface area (Å²) in [6, 6.07) is 2.99. The van der Waals surface area contributed by atoms with Crippen molar-refractivity contribution in [1.29, 1.82) is 0 Å². The van der Waals surface area contributed by atoms with Crippen LogP contribution < -0.4 is 14.8 Å². The molecule has 0 saturated carbocycles. The molecule has 0 saturated heterocycles. The number of hydrogen-bond acceptors (Lipinski definition) is 8. The zero-order chi connectivity index (χ0) is 18.8. The Labute approximate surface area is 148 Å². The normalized spacial score (nSPS) is 12.0. The molecule has 1 aromatic carbocycles. The lowest BCUT2D eigenvalue weighted by atomic mass is 10.1. The Hall–Kier alpha value is -3.36. The molecule has 2 aromatic rings. The van der Waals surface area contributed by atoms with E-state index in [1.165, 1.54) is 19.1 Å². The number of nitrogens with one attached hydrogen (secondary N) is 1. The monoisotopic (exact) mass is 360 g/mol. The van der Waals surface area contributed by atoms with Crippen LogP contribution in [0.5, 0.6) is 11.5 Å². The molecule has 0 bridgehead atoms. The molecular weight excluding hydrogens is 344 g/mol. The third-order valence-corrected chi connectivity index (χ3v) is 3.74. The molecule has 1 aliphatic rings. The fraction of sp³-hybridized carbons (Fsp3) is 0.294. The predicted molar refractivity (Wildman–Crippen MR) is 87.5 cm³/mol. The molecule has 9 nitrogen and oxygen atoms in total. The highest BCUT2D eigenvalue weighted by Gasteiger charge is 2.22. The molecule has 1 aromatic heterocycles. The number of ether oxygens (including phenoxy) is 3. The van der Waals surface area contributed by atoms with E-state index in [1.807, 2.05) is 0 Å². The Bertz CT molecular complexity index is 881. The van der Waals surface area contributed by atoms with Crippen LogP contribution in [0.1, 0.15) is 39.1 Å². The van der Waals surface area contributed by atoms with Crippen LogP contribution in [-0.2, 0) is 9.53 Å². The van der Waals surface area contributed by atoms with Crippen molar-refractivity contribution in [2.24, 2.45) is 0 Å². The second kappa shape index (κ2) is 6.87. The third kappa shape index (κ3) is 3.37. The number of aromatic nitrogens is 1. The lowest BCUT2D eigenvalue weighted by molar-refractivity contribution is -0.119. The minimum absolute atomic E-state index is 0.0408. The van der Waals surface area contributed by atoms with Gasteiger partial charge >= 0.3 is 5.97 Å².